The smallest absolute Gasteiger partial charge is 0.306 e. The molecule has 0 aliphatic carbocycles. The van der Waals surface area contributed by atoms with Gasteiger partial charge in [-0.25, -0.2) is 0 Å². The second-order valence-corrected chi connectivity index (χ2v) is 18.5. The molecule has 0 N–H and O–H groups in total. The number of hydrogen-bond acceptors (Lipinski definition) is 6. The van der Waals surface area contributed by atoms with Crippen molar-refractivity contribution in [2.75, 3.05) is 13.2 Å². The van der Waals surface area contributed by atoms with Crippen molar-refractivity contribution >= 4 is 17.9 Å². The minimum atomic E-state index is -0.810. The lowest BCUT2D eigenvalue weighted by molar-refractivity contribution is -0.166. The van der Waals surface area contributed by atoms with Crippen molar-refractivity contribution in [1.29, 1.82) is 0 Å². The van der Waals surface area contributed by atoms with Crippen molar-refractivity contribution < 1.29 is 28.6 Å². The van der Waals surface area contributed by atoms with Gasteiger partial charge >= 0.3 is 17.9 Å². The number of unbranched alkanes of at least 4 members (excludes halogenated alkanes) is 29. The zero-order valence-corrected chi connectivity index (χ0v) is 43.0. The lowest BCUT2D eigenvalue weighted by Crippen LogP contribution is -2.30. The molecule has 0 aromatic rings. The maximum atomic E-state index is 12.8. The summed E-state index contributed by atoms with van der Waals surface area (Å²) in [6, 6.07) is 0. The van der Waals surface area contributed by atoms with E-state index in [4.69, 9.17) is 14.2 Å². The maximum Gasteiger partial charge on any atom is 0.306 e. The zero-order chi connectivity index (χ0) is 47.2. The van der Waals surface area contributed by atoms with E-state index >= 15 is 0 Å². The highest BCUT2D eigenvalue weighted by atomic mass is 16.6. The molecule has 0 heterocycles. The summed E-state index contributed by atoms with van der Waals surface area (Å²) in [4.78, 5) is 38.0. The summed E-state index contributed by atoms with van der Waals surface area (Å²) in [7, 11) is 0. The molecule has 0 aliphatic rings. The maximum absolute atomic E-state index is 12.8. The fraction of sp³-hybridized carbons (Fsp3) is 0.780. The number of rotatable bonds is 50. The molecule has 0 saturated carbocycles. The number of carbonyl (C=O) groups is 3. The molecule has 6 nitrogen and oxygen atoms in total. The van der Waals surface area contributed by atoms with E-state index in [1.165, 1.54) is 167 Å². The number of carbonyl (C=O) groups excluding carboxylic acids is 3. The van der Waals surface area contributed by atoms with Crippen LogP contribution in [0.3, 0.4) is 0 Å². The van der Waals surface area contributed by atoms with Crippen LogP contribution in [0.15, 0.2) is 60.8 Å². The topological polar surface area (TPSA) is 78.9 Å². The number of ether oxygens (including phenoxy) is 3. The Morgan fingerprint density at radius 3 is 0.923 bits per heavy atom. The van der Waals surface area contributed by atoms with Crippen molar-refractivity contribution in [3.63, 3.8) is 0 Å². The first kappa shape index (κ1) is 62.1. The summed E-state index contributed by atoms with van der Waals surface area (Å²) < 4.78 is 16.8. The summed E-state index contributed by atoms with van der Waals surface area (Å²) in [5.41, 5.74) is 0. The van der Waals surface area contributed by atoms with Gasteiger partial charge in [0.2, 0.25) is 0 Å². The first-order chi connectivity index (χ1) is 32.0. The highest BCUT2D eigenvalue weighted by Crippen LogP contribution is 2.16. The van der Waals surface area contributed by atoms with Gasteiger partial charge in [-0.1, -0.05) is 261 Å². The van der Waals surface area contributed by atoms with Gasteiger partial charge in [0.15, 0.2) is 6.10 Å². The minimum absolute atomic E-state index is 0.1000. The highest BCUT2D eigenvalue weighted by molar-refractivity contribution is 5.71. The van der Waals surface area contributed by atoms with Crippen LogP contribution in [0.5, 0.6) is 0 Å². The Hall–Kier alpha value is -2.89. The van der Waals surface area contributed by atoms with Crippen LogP contribution in [0, 0.1) is 0 Å². The van der Waals surface area contributed by atoms with Gasteiger partial charge in [-0.15, -0.1) is 0 Å². The summed E-state index contributed by atoms with van der Waals surface area (Å²) in [5.74, 6) is -0.972. The Morgan fingerprint density at radius 2 is 0.585 bits per heavy atom. The van der Waals surface area contributed by atoms with Gasteiger partial charge < -0.3 is 14.2 Å². The fourth-order valence-corrected chi connectivity index (χ4v) is 7.84. The van der Waals surface area contributed by atoms with Gasteiger partial charge in [0.25, 0.3) is 0 Å². The quantitative estimate of drug-likeness (QED) is 0.0262. The number of esters is 3. The Morgan fingerprint density at radius 1 is 0.308 bits per heavy atom. The van der Waals surface area contributed by atoms with E-state index < -0.39 is 6.10 Å². The van der Waals surface area contributed by atoms with Crippen LogP contribution in [0.1, 0.15) is 278 Å². The number of allylic oxidation sites excluding steroid dienone is 10. The Labute approximate surface area is 402 Å². The van der Waals surface area contributed by atoms with Gasteiger partial charge in [0.05, 0.1) is 0 Å². The first-order valence-electron chi connectivity index (χ1n) is 27.8. The average molecular weight is 909 g/mol. The SMILES string of the molecule is CCCCC/C=C\C/C=C\C/C=C\C/C=C\C/C=C\CCC(=O)O[C@@H](COC(=O)CCCCCCCCCCCCCCC)COC(=O)CCCCCCCCCCCCCCCCC. The molecule has 376 valence electrons. The van der Waals surface area contributed by atoms with Crippen molar-refractivity contribution in [2.45, 2.75) is 284 Å². The molecule has 65 heavy (non-hydrogen) atoms. The monoisotopic (exact) mass is 909 g/mol. The summed E-state index contributed by atoms with van der Waals surface area (Å²) >= 11 is 0. The molecule has 0 rings (SSSR count). The van der Waals surface area contributed by atoms with Crippen LogP contribution in [0.25, 0.3) is 0 Å². The third-order valence-corrected chi connectivity index (χ3v) is 12.0. The lowest BCUT2D eigenvalue weighted by Gasteiger charge is -2.18. The van der Waals surface area contributed by atoms with E-state index in [2.05, 4.69) is 75.5 Å². The number of hydrogen-bond donors (Lipinski definition) is 0. The molecule has 0 fully saturated rings. The predicted octanol–water partition coefficient (Wildman–Crippen LogP) is 18.4. The lowest BCUT2D eigenvalue weighted by atomic mass is 10.0. The zero-order valence-electron chi connectivity index (χ0n) is 43.0. The third kappa shape index (κ3) is 51.9. The molecular weight excluding hydrogens is 805 g/mol. The van der Waals surface area contributed by atoms with Crippen molar-refractivity contribution in [3.05, 3.63) is 60.8 Å². The van der Waals surface area contributed by atoms with Crippen LogP contribution in [0.4, 0.5) is 0 Å². The van der Waals surface area contributed by atoms with Crippen LogP contribution in [-0.4, -0.2) is 37.2 Å². The van der Waals surface area contributed by atoms with Crippen molar-refractivity contribution in [3.8, 4) is 0 Å². The molecule has 0 unspecified atom stereocenters. The molecule has 0 bridgehead atoms. The molecule has 0 saturated heterocycles. The summed E-state index contributed by atoms with van der Waals surface area (Å²) in [6.45, 7) is 6.57. The fourth-order valence-electron chi connectivity index (χ4n) is 7.84. The first-order valence-corrected chi connectivity index (χ1v) is 27.8. The van der Waals surface area contributed by atoms with Gasteiger partial charge in [-0.05, 0) is 57.8 Å². The van der Waals surface area contributed by atoms with Crippen LogP contribution >= 0.6 is 0 Å². The van der Waals surface area contributed by atoms with Crippen molar-refractivity contribution in [1.82, 2.24) is 0 Å². The average Bonchev–Trinajstić information content (AvgIpc) is 3.30. The van der Waals surface area contributed by atoms with Crippen LogP contribution < -0.4 is 0 Å². The normalized spacial score (nSPS) is 12.5. The minimum Gasteiger partial charge on any atom is -0.462 e. The van der Waals surface area contributed by atoms with Gasteiger partial charge in [0, 0.05) is 19.3 Å². The largest absolute Gasteiger partial charge is 0.462 e. The van der Waals surface area contributed by atoms with E-state index in [9.17, 15) is 14.4 Å². The predicted molar refractivity (Wildman–Crippen MR) is 279 cm³/mol. The van der Waals surface area contributed by atoms with Gasteiger partial charge in [-0.2, -0.15) is 0 Å². The van der Waals surface area contributed by atoms with Crippen LogP contribution in [-0.2, 0) is 28.6 Å². The molecule has 0 aliphatic heterocycles. The van der Waals surface area contributed by atoms with Gasteiger partial charge in [-0.3, -0.25) is 14.4 Å². The Balaban J connectivity index is 4.47. The standard InChI is InChI=1S/C59H104O6/c1-4-7-10-13-16-19-22-25-27-28-29-30-32-35-38-41-44-47-50-53-59(62)65-56(54-63-57(60)51-48-45-42-39-36-33-24-21-18-15-12-9-6-3)55-64-58(61)52-49-46-43-40-37-34-31-26-23-20-17-14-11-8-5-2/h16,19,25,27,29-30,35,38,44,47,56H,4-15,17-18,20-24,26,28,31-34,36-37,39-43,45-46,48-55H2,1-3H3/b19-16-,27-25-,30-29-,38-35-,47-44-/t56-/m0/s1. The molecule has 0 aromatic carbocycles. The Kier molecular flexibility index (Phi) is 51.3. The third-order valence-electron chi connectivity index (χ3n) is 12.0. The second kappa shape index (κ2) is 53.7. The van der Waals surface area contributed by atoms with E-state index in [-0.39, 0.29) is 37.5 Å². The molecular formula is C59H104O6. The van der Waals surface area contributed by atoms with Crippen LogP contribution in [0.2, 0.25) is 0 Å². The van der Waals surface area contributed by atoms with Crippen molar-refractivity contribution in [2.24, 2.45) is 0 Å². The molecule has 0 aromatic heterocycles. The molecule has 0 amide bonds. The van der Waals surface area contributed by atoms with E-state index in [0.717, 1.165) is 64.2 Å². The Bertz CT molecular complexity index is 1180. The molecule has 1 atom stereocenters. The second-order valence-electron chi connectivity index (χ2n) is 18.5. The summed E-state index contributed by atoms with van der Waals surface area (Å²) in [5, 5.41) is 0. The highest BCUT2D eigenvalue weighted by Gasteiger charge is 2.19. The molecule has 0 spiro atoms. The van der Waals surface area contributed by atoms with E-state index in [1.807, 2.05) is 6.08 Å². The molecule has 6 heteroatoms. The van der Waals surface area contributed by atoms with Gasteiger partial charge in [0.1, 0.15) is 13.2 Å². The van der Waals surface area contributed by atoms with E-state index in [1.54, 1.807) is 0 Å². The molecule has 0 radical (unpaired) electrons. The van der Waals surface area contributed by atoms with E-state index in [0.29, 0.717) is 19.3 Å². The summed E-state index contributed by atoms with van der Waals surface area (Å²) in [6.07, 6.45) is 66.4.